The topological polar surface area (TPSA) is 46.3 Å². The summed E-state index contributed by atoms with van der Waals surface area (Å²) in [5.41, 5.74) is 7.22. The first-order chi connectivity index (χ1) is 8.53. The van der Waals surface area contributed by atoms with Gasteiger partial charge in [0.05, 0.1) is 6.04 Å². The van der Waals surface area contributed by atoms with Gasteiger partial charge in [0.25, 0.3) is 0 Å². The molecule has 1 aromatic rings. The fourth-order valence-corrected chi connectivity index (χ4v) is 2.64. The smallest absolute Gasteiger partial charge is 0.239 e. The maximum atomic E-state index is 11.8. The number of halogens is 1. The lowest BCUT2D eigenvalue weighted by atomic mass is 9.74. The van der Waals surface area contributed by atoms with Crippen molar-refractivity contribution in [3.05, 3.63) is 35.9 Å². The largest absolute Gasteiger partial charge is 0.341 e. The minimum absolute atomic E-state index is 0. The first kappa shape index (κ1) is 16.0. The molecule has 1 aliphatic rings. The van der Waals surface area contributed by atoms with E-state index in [9.17, 15) is 4.79 Å². The highest BCUT2D eigenvalue weighted by Gasteiger charge is 2.33. The summed E-state index contributed by atoms with van der Waals surface area (Å²) in [6.45, 7) is 5.67. The Labute approximate surface area is 121 Å². The van der Waals surface area contributed by atoms with Gasteiger partial charge in [-0.1, -0.05) is 37.3 Å². The zero-order valence-corrected chi connectivity index (χ0v) is 12.5. The van der Waals surface area contributed by atoms with Gasteiger partial charge in [-0.05, 0) is 30.7 Å². The van der Waals surface area contributed by atoms with Gasteiger partial charge in [0.15, 0.2) is 0 Å². The van der Waals surface area contributed by atoms with Gasteiger partial charge in [-0.3, -0.25) is 4.79 Å². The van der Waals surface area contributed by atoms with E-state index in [1.807, 2.05) is 11.0 Å². The molecule has 1 saturated heterocycles. The molecular formula is C15H23ClN2O. The Balaban J connectivity index is 0.00000180. The number of hydrogen-bond acceptors (Lipinski definition) is 2. The quantitative estimate of drug-likeness (QED) is 0.905. The molecule has 0 saturated carbocycles. The Kier molecular flexibility index (Phi) is 5.39. The fourth-order valence-electron chi connectivity index (χ4n) is 2.64. The molecule has 2 N–H and O–H groups in total. The van der Waals surface area contributed by atoms with Gasteiger partial charge in [0.1, 0.15) is 0 Å². The highest BCUT2D eigenvalue weighted by atomic mass is 35.5. The molecule has 0 aromatic heterocycles. The number of hydrogen-bond donors (Lipinski definition) is 1. The fraction of sp³-hybridized carbons (Fsp3) is 0.533. The number of carbonyl (C=O) groups excluding carboxylic acids is 1. The van der Waals surface area contributed by atoms with Gasteiger partial charge >= 0.3 is 0 Å². The van der Waals surface area contributed by atoms with Crippen LogP contribution in [0.2, 0.25) is 0 Å². The van der Waals surface area contributed by atoms with E-state index in [4.69, 9.17) is 5.73 Å². The Morgan fingerprint density at radius 2 is 1.79 bits per heavy atom. The van der Waals surface area contributed by atoms with Crippen LogP contribution in [0.25, 0.3) is 0 Å². The molecular weight excluding hydrogens is 260 g/mol. The van der Waals surface area contributed by atoms with E-state index in [-0.39, 0.29) is 29.8 Å². The van der Waals surface area contributed by atoms with Crippen molar-refractivity contribution < 1.29 is 4.79 Å². The number of piperidine rings is 1. The van der Waals surface area contributed by atoms with E-state index in [0.717, 1.165) is 25.9 Å². The average Bonchev–Trinajstić information content (AvgIpc) is 2.40. The molecule has 0 aliphatic carbocycles. The van der Waals surface area contributed by atoms with Crippen LogP contribution in [0.4, 0.5) is 0 Å². The molecule has 1 atom stereocenters. The summed E-state index contributed by atoms with van der Waals surface area (Å²) in [6.07, 6.45) is 2.02. The van der Waals surface area contributed by atoms with Crippen LogP contribution in [0.1, 0.15) is 32.3 Å². The monoisotopic (exact) mass is 282 g/mol. The zero-order valence-electron chi connectivity index (χ0n) is 11.6. The maximum Gasteiger partial charge on any atom is 0.239 e. The van der Waals surface area contributed by atoms with Gasteiger partial charge < -0.3 is 10.6 Å². The first-order valence-corrected chi connectivity index (χ1v) is 6.63. The number of benzene rings is 1. The van der Waals surface area contributed by atoms with Crippen LogP contribution in [0.3, 0.4) is 0 Å². The number of nitrogens with two attached hydrogens (primary N) is 1. The van der Waals surface area contributed by atoms with Gasteiger partial charge in [-0.2, -0.15) is 0 Å². The van der Waals surface area contributed by atoms with Crippen LogP contribution in [0.5, 0.6) is 0 Å². The van der Waals surface area contributed by atoms with E-state index in [1.54, 1.807) is 6.92 Å². The van der Waals surface area contributed by atoms with Gasteiger partial charge in [0.2, 0.25) is 5.91 Å². The number of carbonyl (C=O) groups is 1. The van der Waals surface area contributed by atoms with E-state index in [2.05, 4.69) is 31.2 Å². The highest BCUT2D eigenvalue weighted by Crippen LogP contribution is 2.34. The van der Waals surface area contributed by atoms with Crippen molar-refractivity contribution in [2.75, 3.05) is 13.1 Å². The van der Waals surface area contributed by atoms with Crippen molar-refractivity contribution >= 4 is 18.3 Å². The molecule has 0 radical (unpaired) electrons. The molecule has 1 aromatic carbocycles. The third-order valence-corrected chi connectivity index (χ3v) is 4.04. The molecule has 1 unspecified atom stereocenters. The van der Waals surface area contributed by atoms with Crippen LogP contribution in [-0.2, 0) is 10.2 Å². The number of likely N-dealkylation sites (tertiary alicyclic amines) is 1. The molecule has 2 rings (SSSR count). The van der Waals surface area contributed by atoms with Crippen LogP contribution in [0.15, 0.2) is 30.3 Å². The molecule has 1 heterocycles. The lowest BCUT2D eigenvalue weighted by Crippen LogP contribution is -2.48. The number of nitrogens with zero attached hydrogens (tertiary/aromatic N) is 1. The maximum absolute atomic E-state index is 11.8. The zero-order chi connectivity index (χ0) is 13.2. The van der Waals surface area contributed by atoms with E-state index >= 15 is 0 Å². The molecule has 1 fully saturated rings. The number of amides is 1. The minimum Gasteiger partial charge on any atom is -0.341 e. The van der Waals surface area contributed by atoms with Crippen molar-refractivity contribution in [1.29, 1.82) is 0 Å². The second-order valence-corrected chi connectivity index (χ2v) is 5.54. The van der Waals surface area contributed by atoms with Crippen molar-refractivity contribution in [3.63, 3.8) is 0 Å². The lowest BCUT2D eigenvalue weighted by Gasteiger charge is -2.40. The predicted octanol–water partition coefficient (Wildman–Crippen LogP) is 2.34. The third-order valence-electron chi connectivity index (χ3n) is 4.04. The van der Waals surface area contributed by atoms with E-state index < -0.39 is 0 Å². The lowest BCUT2D eigenvalue weighted by molar-refractivity contribution is -0.133. The molecule has 3 nitrogen and oxygen atoms in total. The Bertz CT molecular complexity index is 411. The van der Waals surface area contributed by atoms with Crippen molar-refractivity contribution in [2.24, 2.45) is 5.73 Å². The summed E-state index contributed by atoms with van der Waals surface area (Å²) < 4.78 is 0. The molecule has 0 spiro atoms. The second kappa shape index (κ2) is 6.40. The predicted molar refractivity (Wildman–Crippen MR) is 80.5 cm³/mol. The summed E-state index contributed by atoms with van der Waals surface area (Å²) in [4.78, 5) is 13.7. The summed E-state index contributed by atoms with van der Waals surface area (Å²) in [6, 6.07) is 10.2. The van der Waals surface area contributed by atoms with Crippen molar-refractivity contribution in [1.82, 2.24) is 4.90 Å². The van der Waals surface area contributed by atoms with Crippen LogP contribution < -0.4 is 5.73 Å². The standard InChI is InChI=1S/C15H22N2O.ClH/c1-12(16)14(18)17-10-8-15(2,9-11-17)13-6-4-3-5-7-13;/h3-7,12H,8-11,16H2,1-2H3;1H. The highest BCUT2D eigenvalue weighted by molar-refractivity contribution is 5.85. The second-order valence-electron chi connectivity index (χ2n) is 5.54. The molecule has 1 aliphatic heterocycles. The number of rotatable bonds is 2. The normalized spacial score (nSPS) is 19.4. The molecule has 106 valence electrons. The van der Waals surface area contributed by atoms with Crippen LogP contribution in [-0.4, -0.2) is 29.9 Å². The molecule has 4 heteroatoms. The van der Waals surface area contributed by atoms with Crippen molar-refractivity contribution in [2.45, 2.75) is 38.1 Å². The first-order valence-electron chi connectivity index (χ1n) is 6.63. The van der Waals surface area contributed by atoms with Crippen LogP contribution >= 0.6 is 12.4 Å². The summed E-state index contributed by atoms with van der Waals surface area (Å²) in [7, 11) is 0. The van der Waals surface area contributed by atoms with Crippen LogP contribution in [0, 0.1) is 0 Å². The summed E-state index contributed by atoms with van der Waals surface area (Å²) in [5, 5.41) is 0. The Morgan fingerprint density at radius 1 is 1.26 bits per heavy atom. The molecule has 1 amide bonds. The molecule has 0 bridgehead atoms. The SMILES string of the molecule is CC(N)C(=O)N1CCC(C)(c2ccccc2)CC1.Cl. The van der Waals surface area contributed by atoms with E-state index in [1.165, 1.54) is 5.56 Å². The van der Waals surface area contributed by atoms with Gasteiger partial charge in [-0.25, -0.2) is 0 Å². The van der Waals surface area contributed by atoms with Crippen molar-refractivity contribution in [3.8, 4) is 0 Å². The van der Waals surface area contributed by atoms with Gasteiger partial charge in [-0.15, -0.1) is 12.4 Å². The summed E-state index contributed by atoms with van der Waals surface area (Å²) in [5.74, 6) is 0.0742. The minimum atomic E-state index is -0.383. The average molecular weight is 283 g/mol. The van der Waals surface area contributed by atoms with Gasteiger partial charge in [0, 0.05) is 13.1 Å². The van der Waals surface area contributed by atoms with E-state index in [0.29, 0.717) is 0 Å². The Hall–Kier alpha value is -1.06. The molecule has 19 heavy (non-hydrogen) atoms. The Morgan fingerprint density at radius 3 is 2.26 bits per heavy atom. The summed E-state index contributed by atoms with van der Waals surface area (Å²) >= 11 is 0. The third kappa shape index (κ3) is 3.48.